The van der Waals surface area contributed by atoms with E-state index >= 15 is 0 Å². The van der Waals surface area contributed by atoms with Gasteiger partial charge in [-0.05, 0) is 35.9 Å². The summed E-state index contributed by atoms with van der Waals surface area (Å²) in [4.78, 5) is 14.2. The highest BCUT2D eigenvalue weighted by Crippen LogP contribution is 2.30. The van der Waals surface area contributed by atoms with Crippen molar-refractivity contribution in [1.29, 1.82) is 5.26 Å². The predicted octanol–water partition coefficient (Wildman–Crippen LogP) is 5.08. The number of nitriles is 1. The number of aromatic nitrogens is 2. The van der Waals surface area contributed by atoms with Crippen LogP contribution in [0.1, 0.15) is 6.42 Å². The molecule has 0 spiro atoms. The number of nitrogens with one attached hydrogen (secondary N) is 1. The van der Waals surface area contributed by atoms with Crippen LogP contribution in [0.2, 0.25) is 0 Å². The second-order valence-corrected chi connectivity index (χ2v) is 8.58. The van der Waals surface area contributed by atoms with Gasteiger partial charge in [0.2, 0.25) is 5.95 Å². The molecule has 35 heavy (non-hydrogen) atoms. The van der Waals surface area contributed by atoms with E-state index in [1.54, 1.807) is 7.11 Å². The number of nitrogens with zero attached hydrogens (tertiary/aromatic N) is 5. The highest BCUT2D eigenvalue weighted by molar-refractivity contribution is 5.94. The molecule has 0 saturated carbocycles. The molecule has 0 atom stereocenters. The number of anilines is 3. The third kappa shape index (κ3) is 5.18. The summed E-state index contributed by atoms with van der Waals surface area (Å²) < 4.78 is 5.30. The van der Waals surface area contributed by atoms with Crippen molar-refractivity contribution in [3.63, 3.8) is 0 Å². The fraction of sp³-hybridized carbons (Fsp3) is 0.250. The molecule has 3 aromatic carbocycles. The van der Waals surface area contributed by atoms with E-state index in [1.807, 2.05) is 48.7 Å². The second kappa shape index (κ2) is 10.4. The maximum atomic E-state index is 8.82. The minimum absolute atomic E-state index is 0.567. The average molecular weight is 465 g/mol. The summed E-state index contributed by atoms with van der Waals surface area (Å²) in [5, 5.41) is 13.2. The van der Waals surface area contributed by atoms with Crippen molar-refractivity contribution in [2.24, 2.45) is 0 Å². The van der Waals surface area contributed by atoms with Crippen LogP contribution in [-0.4, -0.2) is 54.7 Å². The Bertz CT molecular complexity index is 1340. The van der Waals surface area contributed by atoms with Gasteiger partial charge in [0, 0.05) is 67.7 Å². The van der Waals surface area contributed by atoms with Gasteiger partial charge in [0.05, 0.1) is 18.7 Å². The molecule has 0 bridgehead atoms. The molecule has 1 aromatic heterocycles. The van der Waals surface area contributed by atoms with Crippen molar-refractivity contribution in [1.82, 2.24) is 14.9 Å². The lowest BCUT2D eigenvalue weighted by Gasteiger charge is -2.35. The second-order valence-electron chi connectivity index (χ2n) is 8.58. The number of benzene rings is 3. The van der Waals surface area contributed by atoms with Crippen LogP contribution in [0.3, 0.4) is 0 Å². The summed E-state index contributed by atoms with van der Waals surface area (Å²) >= 11 is 0. The van der Waals surface area contributed by atoms with Gasteiger partial charge in [-0.25, -0.2) is 9.97 Å². The van der Waals surface area contributed by atoms with Crippen molar-refractivity contribution < 1.29 is 4.74 Å². The maximum Gasteiger partial charge on any atom is 0.227 e. The van der Waals surface area contributed by atoms with Crippen molar-refractivity contribution in [3.8, 4) is 22.9 Å². The summed E-state index contributed by atoms with van der Waals surface area (Å²) in [6.07, 6.45) is 2.45. The third-order valence-corrected chi connectivity index (χ3v) is 6.39. The molecular formula is C28H28N6O. The number of piperazine rings is 1. The van der Waals surface area contributed by atoms with E-state index in [4.69, 9.17) is 15.0 Å². The lowest BCUT2D eigenvalue weighted by atomic mass is 10.0. The largest absolute Gasteiger partial charge is 0.497 e. The standard InChI is InChI=1S/C28H28N6O/c1-35-25-11-9-21(10-12-25)26-8-2-5-22-20-30-28(32-27(22)26)31-23-6-3-7-24(19-23)34-17-15-33(16-18-34)14-4-13-29/h2-3,5-12,19-20H,4,14-18H2,1H3,(H,30,31,32). The predicted molar refractivity (Wildman–Crippen MR) is 140 cm³/mol. The molecule has 0 radical (unpaired) electrons. The van der Waals surface area contributed by atoms with Gasteiger partial charge < -0.3 is 15.0 Å². The summed E-state index contributed by atoms with van der Waals surface area (Å²) in [7, 11) is 1.67. The lowest BCUT2D eigenvalue weighted by molar-refractivity contribution is 0.263. The van der Waals surface area contributed by atoms with E-state index < -0.39 is 0 Å². The highest BCUT2D eigenvalue weighted by Gasteiger charge is 2.17. The van der Waals surface area contributed by atoms with E-state index in [9.17, 15) is 0 Å². The van der Waals surface area contributed by atoms with Crippen molar-refractivity contribution in [2.75, 3.05) is 50.1 Å². The number of para-hydroxylation sites is 1. The molecule has 1 aliphatic heterocycles. The first-order chi connectivity index (χ1) is 17.2. The Kier molecular flexibility index (Phi) is 6.73. The van der Waals surface area contributed by atoms with Gasteiger partial charge in [-0.1, -0.05) is 36.4 Å². The lowest BCUT2D eigenvalue weighted by Crippen LogP contribution is -2.46. The minimum atomic E-state index is 0.567. The van der Waals surface area contributed by atoms with Crippen LogP contribution in [0.25, 0.3) is 22.0 Å². The Morgan fingerprint density at radius 3 is 2.57 bits per heavy atom. The van der Waals surface area contributed by atoms with Crippen LogP contribution in [0.5, 0.6) is 5.75 Å². The van der Waals surface area contributed by atoms with Crippen molar-refractivity contribution in [2.45, 2.75) is 6.42 Å². The molecule has 4 aromatic rings. The molecule has 1 saturated heterocycles. The number of ether oxygens (including phenoxy) is 1. The summed E-state index contributed by atoms with van der Waals surface area (Å²) in [5.74, 6) is 1.39. The monoisotopic (exact) mass is 464 g/mol. The average Bonchev–Trinajstić information content (AvgIpc) is 2.92. The molecule has 0 aliphatic carbocycles. The zero-order chi connectivity index (χ0) is 24.0. The van der Waals surface area contributed by atoms with Gasteiger partial charge in [0.25, 0.3) is 0 Å². The Hall–Kier alpha value is -4.15. The van der Waals surface area contributed by atoms with Crippen LogP contribution in [-0.2, 0) is 0 Å². The quantitative estimate of drug-likeness (QED) is 0.408. The molecule has 176 valence electrons. The first-order valence-electron chi connectivity index (χ1n) is 11.8. The van der Waals surface area contributed by atoms with Crippen LogP contribution in [0.4, 0.5) is 17.3 Å². The molecule has 7 heteroatoms. The van der Waals surface area contributed by atoms with Crippen molar-refractivity contribution >= 4 is 28.2 Å². The summed E-state index contributed by atoms with van der Waals surface area (Å²) in [6, 6.07) is 24.8. The number of fused-ring (bicyclic) bond motifs is 1. The van der Waals surface area contributed by atoms with Gasteiger partial charge in [0.1, 0.15) is 5.75 Å². The normalized spacial score (nSPS) is 14.0. The number of rotatable bonds is 7. The van der Waals surface area contributed by atoms with E-state index in [-0.39, 0.29) is 0 Å². The molecule has 0 amide bonds. The van der Waals surface area contributed by atoms with Gasteiger partial charge in [-0.3, -0.25) is 4.90 Å². The zero-order valence-corrected chi connectivity index (χ0v) is 19.8. The summed E-state index contributed by atoms with van der Waals surface area (Å²) in [6.45, 7) is 4.70. The molecule has 5 rings (SSSR count). The van der Waals surface area contributed by atoms with Crippen LogP contribution in [0, 0.1) is 11.3 Å². The first-order valence-corrected chi connectivity index (χ1v) is 11.8. The molecular weight excluding hydrogens is 436 g/mol. The highest BCUT2D eigenvalue weighted by atomic mass is 16.5. The molecule has 1 aliphatic rings. The number of hydrogen-bond acceptors (Lipinski definition) is 7. The van der Waals surface area contributed by atoms with Gasteiger partial charge in [0.15, 0.2) is 0 Å². The number of hydrogen-bond donors (Lipinski definition) is 1. The molecule has 1 fully saturated rings. The SMILES string of the molecule is COc1ccc(-c2cccc3cnc(Nc4cccc(N5CCN(CCC#N)CC5)c4)nc23)cc1. The van der Waals surface area contributed by atoms with Crippen LogP contribution < -0.4 is 15.0 Å². The Morgan fingerprint density at radius 1 is 1.00 bits per heavy atom. The molecule has 7 nitrogen and oxygen atoms in total. The summed E-state index contributed by atoms with van der Waals surface area (Å²) in [5.41, 5.74) is 5.17. The maximum absolute atomic E-state index is 8.82. The van der Waals surface area contributed by atoms with Crippen LogP contribution in [0.15, 0.2) is 72.9 Å². The first kappa shape index (κ1) is 22.6. The van der Waals surface area contributed by atoms with E-state index in [2.05, 4.69) is 50.4 Å². The third-order valence-electron chi connectivity index (χ3n) is 6.39. The topological polar surface area (TPSA) is 77.3 Å². The molecule has 1 N–H and O–H groups in total. The van der Waals surface area contributed by atoms with E-state index in [0.717, 1.165) is 66.2 Å². The zero-order valence-electron chi connectivity index (χ0n) is 19.8. The van der Waals surface area contributed by atoms with Gasteiger partial charge in [-0.15, -0.1) is 0 Å². The Balaban J connectivity index is 1.35. The molecule has 0 unspecified atom stereocenters. The number of methoxy groups -OCH3 is 1. The van der Waals surface area contributed by atoms with E-state index in [0.29, 0.717) is 12.4 Å². The Labute approximate surface area is 205 Å². The van der Waals surface area contributed by atoms with Crippen LogP contribution >= 0.6 is 0 Å². The fourth-order valence-corrected chi connectivity index (χ4v) is 4.47. The smallest absolute Gasteiger partial charge is 0.227 e. The minimum Gasteiger partial charge on any atom is -0.497 e. The van der Waals surface area contributed by atoms with E-state index in [1.165, 1.54) is 5.69 Å². The fourth-order valence-electron chi connectivity index (χ4n) is 4.47. The molecule has 2 heterocycles. The van der Waals surface area contributed by atoms with Gasteiger partial charge in [-0.2, -0.15) is 5.26 Å². The van der Waals surface area contributed by atoms with Crippen molar-refractivity contribution in [3.05, 3.63) is 72.9 Å². The van der Waals surface area contributed by atoms with Gasteiger partial charge >= 0.3 is 0 Å². The Morgan fingerprint density at radius 2 is 1.80 bits per heavy atom.